The normalized spacial score (nSPS) is 11.3. The molecule has 94 valence electrons. The summed E-state index contributed by atoms with van der Waals surface area (Å²) in [6, 6.07) is 6.41. The molecule has 0 aromatic heterocycles. The van der Waals surface area contributed by atoms with Gasteiger partial charge in [-0.25, -0.2) is 4.39 Å². The number of alkyl halides is 1. The third kappa shape index (κ3) is 5.18. The average molecular weight is 258 g/mol. The van der Waals surface area contributed by atoms with E-state index in [0.29, 0.717) is 0 Å². The van der Waals surface area contributed by atoms with E-state index >= 15 is 0 Å². The van der Waals surface area contributed by atoms with E-state index in [0.717, 1.165) is 18.4 Å². The first-order chi connectivity index (χ1) is 7.93. The first kappa shape index (κ1) is 14.0. The molecule has 0 fully saturated rings. The third-order valence-corrected chi connectivity index (χ3v) is 2.79. The molecule has 1 amide bonds. The number of amides is 1. The Hall–Kier alpha value is -1.09. The van der Waals surface area contributed by atoms with E-state index in [-0.39, 0.29) is 23.1 Å². The lowest BCUT2D eigenvalue weighted by molar-refractivity contribution is -0.120. The third-order valence-electron chi connectivity index (χ3n) is 2.55. The molecule has 4 heteroatoms. The molecular weight excluding hydrogens is 241 g/mol. The van der Waals surface area contributed by atoms with Gasteiger partial charge in [-0.1, -0.05) is 12.1 Å². The van der Waals surface area contributed by atoms with Gasteiger partial charge in [0.1, 0.15) is 11.7 Å². The minimum absolute atomic E-state index is 0.0278. The standard InChI is InChI=1S/C13H17ClFNO/c1-13(2,16-12(17)9-14)8-7-10-3-5-11(15)6-4-10/h3-6H,7-9H2,1-2H3,(H,16,17). The SMILES string of the molecule is CC(C)(CCc1ccc(F)cc1)NC(=O)CCl. The summed E-state index contributed by atoms with van der Waals surface area (Å²) in [6.07, 6.45) is 1.57. The fourth-order valence-corrected chi connectivity index (χ4v) is 1.65. The van der Waals surface area contributed by atoms with Gasteiger partial charge in [0, 0.05) is 5.54 Å². The first-order valence-electron chi connectivity index (χ1n) is 5.54. The van der Waals surface area contributed by atoms with Crippen LogP contribution in [0.3, 0.4) is 0 Å². The van der Waals surface area contributed by atoms with E-state index < -0.39 is 0 Å². The number of rotatable bonds is 5. The van der Waals surface area contributed by atoms with Gasteiger partial charge < -0.3 is 5.32 Å². The van der Waals surface area contributed by atoms with Crippen LogP contribution in [0.15, 0.2) is 24.3 Å². The van der Waals surface area contributed by atoms with Crippen LogP contribution in [-0.4, -0.2) is 17.3 Å². The largest absolute Gasteiger partial charge is 0.350 e. The van der Waals surface area contributed by atoms with Crippen LogP contribution >= 0.6 is 11.6 Å². The van der Waals surface area contributed by atoms with Crippen molar-refractivity contribution >= 4 is 17.5 Å². The summed E-state index contributed by atoms with van der Waals surface area (Å²) in [7, 11) is 0. The van der Waals surface area contributed by atoms with Crippen LogP contribution in [0.4, 0.5) is 4.39 Å². The van der Waals surface area contributed by atoms with Crippen molar-refractivity contribution in [1.29, 1.82) is 0 Å². The molecule has 0 heterocycles. The lowest BCUT2D eigenvalue weighted by atomic mass is 9.95. The fourth-order valence-electron chi connectivity index (χ4n) is 1.58. The van der Waals surface area contributed by atoms with E-state index in [1.54, 1.807) is 12.1 Å². The topological polar surface area (TPSA) is 29.1 Å². The Morgan fingerprint density at radius 3 is 2.47 bits per heavy atom. The Morgan fingerprint density at radius 2 is 1.94 bits per heavy atom. The van der Waals surface area contributed by atoms with E-state index in [1.807, 2.05) is 13.8 Å². The Kier molecular flexibility index (Phi) is 4.94. The highest BCUT2D eigenvalue weighted by Crippen LogP contribution is 2.14. The molecule has 1 aromatic rings. The fraction of sp³-hybridized carbons (Fsp3) is 0.462. The van der Waals surface area contributed by atoms with Crippen molar-refractivity contribution in [3.8, 4) is 0 Å². The molecule has 17 heavy (non-hydrogen) atoms. The number of benzene rings is 1. The van der Waals surface area contributed by atoms with Gasteiger partial charge in [-0.2, -0.15) is 0 Å². The van der Waals surface area contributed by atoms with Crippen LogP contribution in [0.1, 0.15) is 25.8 Å². The Bertz CT molecular complexity index is 376. The second kappa shape index (κ2) is 6.01. The minimum Gasteiger partial charge on any atom is -0.350 e. The Labute approximate surface area is 106 Å². The summed E-state index contributed by atoms with van der Waals surface area (Å²) in [5.74, 6) is -0.431. The van der Waals surface area contributed by atoms with Crippen molar-refractivity contribution < 1.29 is 9.18 Å². The highest BCUT2D eigenvalue weighted by molar-refractivity contribution is 6.27. The zero-order valence-corrected chi connectivity index (χ0v) is 10.9. The number of halogens is 2. The molecule has 0 aliphatic heterocycles. The van der Waals surface area contributed by atoms with Crippen LogP contribution in [-0.2, 0) is 11.2 Å². The predicted molar refractivity (Wildman–Crippen MR) is 67.7 cm³/mol. The molecule has 2 nitrogen and oxygen atoms in total. The van der Waals surface area contributed by atoms with Gasteiger partial charge in [0.2, 0.25) is 5.91 Å². The molecule has 1 N–H and O–H groups in total. The quantitative estimate of drug-likeness (QED) is 0.808. The van der Waals surface area contributed by atoms with Crippen LogP contribution in [0.5, 0.6) is 0 Å². The lowest BCUT2D eigenvalue weighted by Gasteiger charge is -2.26. The van der Waals surface area contributed by atoms with Gasteiger partial charge in [0.15, 0.2) is 0 Å². The predicted octanol–water partition coefficient (Wildman–Crippen LogP) is 2.89. The molecule has 0 atom stereocenters. The van der Waals surface area contributed by atoms with Crippen molar-refractivity contribution in [3.05, 3.63) is 35.6 Å². The van der Waals surface area contributed by atoms with E-state index in [2.05, 4.69) is 5.32 Å². The van der Waals surface area contributed by atoms with Crippen LogP contribution in [0, 0.1) is 5.82 Å². The number of aryl methyl sites for hydroxylation is 1. The zero-order chi connectivity index (χ0) is 12.9. The van der Waals surface area contributed by atoms with Gasteiger partial charge >= 0.3 is 0 Å². The summed E-state index contributed by atoms with van der Waals surface area (Å²) in [5.41, 5.74) is 0.750. The number of hydrogen-bond donors (Lipinski definition) is 1. The molecule has 0 saturated heterocycles. The van der Waals surface area contributed by atoms with Gasteiger partial charge in [-0.15, -0.1) is 11.6 Å². The van der Waals surface area contributed by atoms with Crippen molar-refractivity contribution in [1.82, 2.24) is 5.32 Å². The van der Waals surface area contributed by atoms with Crippen molar-refractivity contribution in [2.45, 2.75) is 32.2 Å². The minimum atomic E-state index is -0.305. The Morgan fingerprint density at radius 1 is 1.35 bits per heavy atom. The van der Waals surface area contributed by atoms with Crippen molar-refractivity contribution in [2.24, 2.45) is 0 Å². The number of carbonyl (C=O) groups excluding carboxylic acids is 1. The molecule has 0 spiro atoms. The lowest BCUT2D eigenvalue weighted by Crippen LogP contribution is -2.44. The number of nitrogens with one attached hydrogen (secondary N) is 1. The Balaban J connectivity index is 2.49. The highest BCUT2D eigenvalue weighted by atomic mass is 35.5. The maximum Gasteiger partial charge on any atom is 0.235 e. The van der Waals surface area contributed by atoms with Crippen LogP contribution < -0.4 is 5.32 Å². The molecule has 0 unspecified atom stereocenters. The van der Waals surface area contributed by atoms with Gasteiger partial charge in [0.25, 0.3) is 0 Å². The van der Waals surface area contributed by atoms with Crippen molar-refractivity contribution in [3.63, 3.8) is 0 Å². The molecule has 0 saturated carbocycles. The smallest absolute Gasteiger partial charge is 0.235 e. The van der Waals surface area contributed by atoms with Crippen molar-refractivity contribution in [2.75, 3.05) is 5.88 Å². The average Bonchev–Trinajstić information content (AvgIpc) is 2.28. The summed E-state index contributed by atoms with van der Waals surface area (Å²) >= 11 is 5.44. The maximum atomic E-state index is 12.7. The molecule has 0 radical (unpaired) electrons. The maximum absolute atomic E-state index is 12.7. The van der Waals surface area contributed by atoms with E-state index in [1.165, 1.54) is 12.1 Å². The number of hydrogen-bond acceptors (Lipinski definition) is 1. The monoisotopic (exact) mass is 257 g/mol. The molecule has 1 aromatic carbocycles. The molecular formula is C13H17ClFNO. The van der Waals surface area contributed by atoms with E-state index in [4.69, 9.17) is 11.6 Å². The zero-order valence-electron chi connectivity index (χ0n) is 10.1. The summed E-state index contributed by atoms with van der Waals surface area (Å²) in [4.78, 5) is 11.2. The molecule has 0 bridgehead atoms. The highest BCUT2D eigenvalue weighted by Gasteiger charge is 2.19. The molecule has 0 aliphatic rings. The van der Waals surface area contributed by atoms with Crippen LogP contribution in [0.25, 0.3) is 0 Å². The first-order valence-corrected chi connectivity index (χ1v) is 6.08. The summed E-state index contributed by atoms with van der Waals surface area (Å²) < 4.78 is 12.7. The number of carbonyl (C=O) groups is 1. The van der Waals surface area contributed by atoms with Gasteiger partial charge in [-0.3, -0.25) is 4.79 Å². The molecule has 0 aliphatic carbocycles. The molecule has 1 rings (SSSR count). The van der Waals surface area contributed by atoms with E-state index in [9.17, 15) is 9.18 Å². The summed E-state index contributed by atoms with van der Waals surface area (Å²) in [6.45, 7) is 3.89. The van der Waals surface area contributed by atoms with Gasteiger partial charge in [0.05, 0.1) is 0 Å². The van der Waals surface area contributed by atoms with Gasteiger partial charge in [-0.05, 0) is 44.4 Å². The van der Waals surface area contributed by atoms with Crippen LogP contribution in [0.2, 0.25) is 0 Å². The second-order valence-corrected chi connectivity index (χ2v) is 4.96. The summed E-state index contributed by atoms with van der Waals surface area (Å²) in [5, 5.41) is 2.84. The second-order valence-electron chi connectivity index (χ2n) is 4.69.